The van der Waals surface area contributed by atoms with Crippen molar-refractivity contribution in [3.05, 3.63) is 33.0 Å². The number of anilines is 1. The smallest absolute Gasteiger partial charge is 0.0755 e. The van der Waals surface area contributed by atoms with Gasteiger partial charge in [0, 0.05) is 28.0 Å². The first-order valence-electron chi connectivity index (χ1n) is 5.66. The summed E-state index contributed by atoms with van der Waals surface area (Å²) in [6.45, 7) is 1.44. The Labute approximate surface area is 114 Å². The zero-order valence-electron chi connectivity index (χ0n) is 9.59. The lowest BCUT2D eigenvalue weighted by Gasteiger charge is -2.20. The van der Waals surface area contributed by atoms with Crippen LogP contribution in [0, 0.1) is 3.57 Å². The van der Waals surface area contributed by atoms with Crippen LogP contribution in [0.4, 0.5) is 5.69 Å². The number of hydrogen-bond acceptors (Lipinski definition) is 3. The number of benzene rings is 1. The molecule has 0 spiro atoms. The highest BCUT2D eigenvalue weighted by Crippen LogP contribution is 2.31. The summed E-state index contributed by atoms with van der Waals surface area (Å²) in [5.41, 5.74) is 4.63. The first kappa shape index (κ1) is 11.2. The van der Waals surface area contributed by atoms with Crippen molar-refractivity contribution in [2.24, 2.45) is 0 Å². The van der Waals surface area contributed by atoms with Gasteiger partial charge in [0.15, 0.2) is 0 Å². The summed E-state index contributed by atoms with van der Waals surface area (Å²) < 4.78 is 6.76. The number of nitrogens with one attached hydrogen (secondary N) is 1. The molecule has 0 bridgehead atoms. The lowest BCUT2D eigenvalue weighted by atomic mass is 10.0. The zero-order valence-corrected chi connectivity index (χ0v) is 11.7. The van der Waals surface area contributed by atoms with Gasteiger partial charge < -0.3 is 10.1 Å². The van der Waals surface area contributed by atoms with E-state index in [1.54, 1.807) is 0 Å². The predicted octanol–water partition coefficient (Wildman–Crippen LogP) is 2.95. The second-order valence-electron chi connectivity index (χ2n) is 4.13. The lowest BCUT2D eigenvalue weighted by molar-refractivity contribution is 0.110. The van der Waals surface area contributed by atoms with Crippen molar-refractivity contribution in [2.75, 3.05) is 19.0 Å². The Bertz CT molecular complexity index is 583. The number of pyridine rings is 1. The molecule has 1 N–H and O–H groups in total. The molecule has 0 unspecified atom stereocenters. The predicted molar refractivity (Wildman–Crippen MR) is 77.4 cm³/mol. The summed E-state index contributed by atoms with van der Waals surface area (Å²) in [4.78, 5) is 4.74. The minimum absolute atomic E-state index is 0.667. The average molecular weight is 340 g/mol. The van der Waals surface area contributed by atoms with Gasteiger partial charge in [-0.3, -0.25) is 4.98 Å². The highest BCUT2D eigenvalue weighted by atomic mass is 127. The molecule has 0 radical (unpaired) electrons. The molecule has 1 aromatic heterocycles. The van der Waals surface area contributed by atoms with Crippen molar-refractivity contribution in [1.82, 2.24) is 4.98 Å². The van der Waals surface area contributed by atoms with Gasteiger partial charge in [-0.25, -0.2) is 0 Å². The Morgan fingerprint density at radius 2 is 2.29 bits per heavy atom. The van der Waals surface area contributed by atoms with Gasteiger partial charge in [0.2, 0.25) is 0 Å². The molecular weight excluding hydrogens is 327 g/mol. The van der Waals surface area contributed by atoms with E-state index < -0.39 is 0 Å². The zero-order chi connectivity index (χ0) is 11.8. The van der Waals surface area contributed by atoms with Crippen LogP contribution in [-0.2, 0) is 17.8 Å². The minimum atomic E-state index is 0.667. The fraction of sp³-hybridized carbons (Fsp3) is 0.308. The third-order valence-electron chi connectivity index (χ3n) is 3.11. The fourth-order valence-electron chi connectivity index (χ4n) is 2.32. The molecule has 88 valence electrons. The number of ether oxygens (including phenoxy) is 1. The summed E-state index contributed by atoms with van der Waals surface area (Å²) in [7, 11) is 1.96. The van der Waals surface area contributed by atoms with Gasteiger partial charge >= 0.3 is 0 Å². The van der Waals surface area contributed by atoms with Crippen molar-refractivity contribution in [2.45, 2.75) is 13.0 Å². The molecule has 0 atom stereocenters. The van der Waals surface area contributed by atoms with Crippen LogP contribution in [0.3, 0.4) is 0 Å². The van der Waals surface area contributed by atoms with Gasteiger partial charge in [-0.2, -0.15) is 0 Å². The van der Waals surface area contributed by atoms with E-state index in [-0.39, 0.29) is 0 Å². The fourth-order valence-corrected chi connectivity index (χ4v) is 2.81. The van der Waals surface area contributed by atoms with Crippen molar-refractivity contribution < 1.29 is 4.74 Å². The molecule has 0 saturated carbocycles. The van der Waals surface area contributed by atoms with E-state index in [0.29, 0.717) is 6.61 Å². The lowest BCUT2D eigenvalue weighted by Crippen LogP contribution is -2.14. The van der Waals surface area contributed by atoms with Crippen molar-refractivity contribution in [1.29, 1.82) is 0 Å². The number of nitrogens with zero attached hydrogens (tertiary/aromatic N) is 1. The van der Waals surface area contributed by atoms with Crippen molar-refractivity contribution in [3.63, 3.8) is 0 Å². The Kier molecular flexibility index (Phi) is 2.92. The monoisotopic (exact) mass is 340 g/mol. The molecular formula is C13H13IN2O. The van der Waals surface area contributed by atoms with Gasteiger partial charge in [0.05, 0.1) is 30.1 Å². The number of rotatable bonds is 1. The van der Waals surface area contributed by atoms with Crippen LogP contribution in [0.1, 0.15) is 11.3 Å². The van der Waals surface area contributed by atoms with Crippen LogP contribution >= 0.6 is 22.6 Å². The summed E-state index contributed by atoms with van der Waals surface area (Å²) in [6, 6.07) is 6.36. The molecule has 1 aliphatic heterocycles. The van der Waals surface area contributed by atoms with E-state index in [9.17, 15) is 0 Å². The summed E-state index contributed by atoms with van der Waals surface area (Å²) in [5, 5.41) is 4.49. The van der Waals surface area contributed by atoms with Crippen LogP contribution in [-0.4, -0.2) is 18.6 Å². The van der Waals surface area contributed by atoms with Gasteiger partial charge in [0.25, 0.3) is 0 Å². The van der Waals surface area contributed by atoms with E-state index >= 15 is 0 Å². The van der Waals surface area contributed by atoms with Crippen LogP contribution in [0.25, 0.3) is 10.9 Å². The van der Waals surface area contributed by atoms with E-state index in [2.05, 4.69) is 46.1 Å². The van der Waals surface area contributed by atoms with Gasteiger partial charge in [-0.05, 0) is 40.8 Å². The molecule has 0 aliphatic carbocycles. The Morgan fingerprint density at radius 3 is 3.12 bits per heavy atom. The maximum atomic E-state index is 5.54. The Hall–Kier alpha value is -0.880. The Morgan fingerprint density at radius 1 is 1.41 bits per heavy atom. The average Bonchev–Trinajstić information content (AvgIpc) is 2.36. The minimum Gasteiger partial charge on any atom is -0.387 e. The quantitative estimate of drug-likeness (QED) is 0.811. The molecule has 17 heavy (non-hydrogen) atoms. The number of fused-ring (bicyclic) bond motifs is 2. The molecule has 1 aliphatic rings. The third-order valence-corrected chi connectivity index (χ3v) is 3.78. The topological polar surface area (TPSA) is 34.2 Å². The summed E-state index contributed by atoms with van der Waals surface area (Å²) >= 11 is 2.33. The maximum Gasteiger partial charge on any atom is 0.0755 e. The largest absolute Gasteiger partial charge is 0.387 e. The Balaban J connectivity index is 2.35. The highest BCUT2D eigenvalue weighted by Gasteiger charge is 2.17. The first-order valence-corrected chi connectivity index (χ1v) is 6.74. The molecule has 0 amide bonds. The first-order chi connectivity index (χ1) is 8.29. The molecule has 2 aromatic rings. The van der Waals surface area contributed by atoms with E-state index in [4.69, 9.17) is 9.72 Å². The van der Waals surface area contributed by atoms with Gasteiger partial charge in [-0.1, -0.05) is 0 Å². The maximum absolute atomic E-state index is 5.54. The van der Waals surface area contributed by atoms with Crippen molar-refractivity contribution in [3.8, 4) is 0 Å². The number of hydrogen-bond donors (Lipinski definition) is 1. The molecule has 3 nitrogen and oxygen atoms in total. The van der Waals surface area contributed by atoms with E-state index in [1.165, 1.54) is 25.9 Å². The number of aromatic nitrogens is 1. The summed E-state index contributed by atoms with van der Waals surface area (Å²) in [5.74, 6) is 0. The van der Waals surface area contributed by atoms with Gasteiger partial charge in [0.1, 0.15) is 0 Å². The van der Waals surface area contributed by atoms with Crippen LogP contribution in [0.5, 0.6) is 0 Å². The van der Waals surface area contributed by atoms with E-state index in [0.717, 1.165) is 18.5 Å². The number of halogens is 1. The van der Waals surface area contributed by atoms with Crippen molar-refractivity contribution >= 4 is 39.2 Å². The third kappa shape index (κ3) is 1.89. The summed E-state index contributed by atoms with van der Waals surface area (Å²) in [6.07, 6.45) is 0.909. The molecule has 3 rings (SSSR count). The van der Waals surface area contributed by atoms with Crippen LogP contribution in [0.2, 0.25) is 0 Å². The molecule has 2 heterocycles. The van der Waals surface area contributed by atoms with Crippen LogP contribution < -0.4 is 5.32 Å². The second-order valence-corrected chi connectivity index (χ2v) is 5.37. The standard InChI is InChI=1S/C13H13IN2O/c1-15-13-9-6-8(14)2-3-11(9)16-12-4-5-17-7-10(12)13/h2-3,6H,4-5,7H2,1H3,(H,15,16). The van der Waals surface area contributed by atoms with E-state index in [1.807, 2.05) is 7.05 Å². The van der Waals surface area contributed by atoms with Gasteiger partial charge in [-0.15, -0.1) is 0 Å². The second kappa shape index (κ2) is 4.42. The highest BCUT2D eigenvalue weighted by molar-refractivity contribution is 14.1. The normalized spacial score (nSPS) is 14.7. The molecule has 0 saturated heterocycles. The molecule has 4 heteroatoms. The molecule has 0 fully saturated rings. The molecule has 1 aromatic carbocycles. The SMILES string of the molecule is CNc1c2c(nc3ccc(I)cc13)CCOC2. The van der Waals surface area contributed by atoms with Crippen LogP contribution in [0.15, 0.2) is 18.2 Å².